The van der Waals surface area contributed by atoms with Gasteiger partial charge in [0.05, 0.1) is 0 Å². The molecule has 14 heavy (non-hydrogen) atoms. The molecule has 7 heteroatoms. The van der Waals surface area contributed by atoms with E-state index in [2.05, 4.69) is 0 Å². The first-order valence-corrected chi connectivity index (χ1v) is 3.56. The average Bonchev–Trinajstić information content (AvgIpc) is 2.07. The van der Waals surface area contributed by atoms with Crippen LogP contribution in [-0.2, 0) is 0 Å². The summed E-state index contributed by atoms with van der Waals surface area (Å²) in [7, 11) is 0. The van der Waals surface area contributed by atoms with E-state index in [-0.39, 0.29) is 0 Å². The highest BCUT2D eigenvalue weighted by Gasteiger charge is 2.38. The van der Waals surface area contributed by atoms with Gasteiger partial charge in [0.1, 0.15) is 6.04 Å². The van der Waals surface area contributed by atoms with Gasteiger partial charge in [0.15, 0.2) is 5.75 Å². The molecule has 1 atom stereocenters. The summed E-state index contributed by atoms with van der Waals surface area (Å²) < 4.78 is 36.2. The monoisotopic (exact) mass is 208 g/mol. The summed E-state index contributed by atoms with van der Waals surface area (Å²) >= 11 is 0. The summed E-state index contributed by atoms with van der Waals surface area (Å²) in [6.45, 7) is 0. The summed E-state index contributed by atoms with van der Waals surface area (Å²) in [4.78, 5) is 12.6. The Morgan fingerprint density at radius 3 is 2.50 bits per heavy atom. The highest BCUT2D eigenvalue weighted by molar-refractivity contribution is 5.25. The second-order valence-electron chi connectivity index (χ2n) is 2.67. The molecule has 0 aliphatic rings. The van der Waals surface area contributed by atoms with E-state index < -0.39 is 29.1 Å². The van der Waals surface area contributed by atoms with Gasteiger partial charge in [0.2, 0.25) is 0 Å². The predicted octanol–water partition coefficient (Wildman–Crippen LogP) is 0.643. The predicted molar refractivity (Wildman–Crippen MR) is 41.7 cm³/mol. The van der Waals surface area contributed by atoms with Crippen molar-refractivity contribution in [3.05, 3.63) is 28.2 Å². The SMILES string of the molecule is NC(c1c[nH]c(=O)c(O)c1)C(F)(F)F. The number of aromatic hydroxyl groups is 1. The fraction of sp³-hybridized carbons (Fsp3) is 0.286. The van der Waals surface area contributed by atoms with Gasteiger partial charge in [-0.3, -0.25) is 4.79 Å². The Balaban J connectivity index is 3.09. The summed E-state index contributed by atoms with van der Waals surface area (Å²) in [6.07, 6.45) is -3.79. The van der Waals surface area contributed by atoms with Crippen molar-refractivity contribution in [1.82, 2.24) is 4.98 Å². The quantitative estimate of drug-likeness (QED) is 0.633. The Morgan fingerprint density at radius 2 is 2.07 bits per heavy atom. The first-order chi connectivity index (χ1) is 6.32. The Kier molecular flexibility index (Phi) is 2.52. The highest BCUT2D eigenvalue weighted by Crippen LogP contribution is 2.30. The molecule has 0 saturated heterocycles. The van der Waals surface area contributed by atoms with E-state index in [4.69, 9.17) is 10.8 Å². The summed E-state index contributed by atoms with van der Waals surface area (Å²) in [6, 6.07) is -1.53. The zero-order valence-corrected chi connectivity index (χ0v) is 6.80. The van der Waals surface area contributed by atoms with Crippen molar-refractivity contribution in [2.45, 2.75) is 12.2 Å². The normalized spacial score (nSPS) is 14.0. The highest BCUT2D eigenvalue weighted by atomic mass is 19.4. The molecule has 1 unspecified atom stereocenters. The Hall–Kier alpha value is -1.50. The minimum Gasteiger partial charge on any atom is -0.503 e. The zero-order valence-electron chi connectivity index (χ0n) is 6.80. The molecule has 0 aliphatic carbocycles. The number of rotatable bonds is 1. The lowest BCUT2D eigenvalue weighted by Gasteiger charge is -2.15. The maximum absolute atomic E-state index is 12.1. The van der Waals surface area contributed by atoms with Crippen molar-refractivity contribution in [2.24, 2.45) is 5.73 Å². The molecule has 0 spiro atoms. The second kappa shape index (κ2) is 3.33. The summed E-state index contributed by atoms with van der Waals surface area (Å²) in [5.74, 6) is -0.790. The van der Waals surface area contributed by atoms with Crippen molar-refractivity contribution in [3.8, 4) is 5.75 Å². The number of hydrogen-bond donors (Lipinski definition) is 3. The molecule has 0 radical (unpaired) electrons. The summed E-state index contributed by atoms with van der Waals surface area (Å²) in [5.41, 5.74) is 3.58. The molecular weight excluding hydrogens is 201 g/mol. The second-order valence-corrected chi connectivity index (χ2v) is 2.67. The molecule has 1 aromatic heterocycles. The first kappa shape index (κ1) is 10.6. The molecule has 4 N–H and O–H groups in total. The van der Waals surface area contributed by atoms with Gasteiger partial charge in [-0.05, 0) is 11.6 Å². The van der Waals surface area contributed by atoms with E-state index in [9.17, 15) is 18.0 Å². The van der Waals surface area contributed by atoms with Crippen LogP contribution in [0.25, 0.3) is 0 Å². The van der Waals surface area contributed by atoms with E-state index >= 15 is 0 Å². The number of aromatic amines is 1. The lowest BCUT2D eigenvalue weighted by atomic mass is 10.1. The number of hydrogen-bond acceptors (Lipinski definition) is 3. The van der Waals surface area contributed by atoms with Gasteiger partial charge in [0.25, 0.3) is 5.56 Å². The van der Waals surface area contributed by atoms with Gasteiger partial charge < -0.3 is 15.8 Å². The molecule has 0 aliphatic heterocycles. The number of alkyl halides is 3. The van der Waals surface area contributed by atoms with Crippen LogP contribution in [0.5, 0.6) is 5.75 Å². The Morgan fingerprint density at radius 1 is 1.50 bits per heavy atom. The van der Waals surface area contributed by atoms with Crippen LogP contribution in [0.1, 0.15) is 11.6 Å². The van der Waals surface area contributed by atoms with Crippen LogP contribution < -0.4 is 11.3 Å². The standard InChI is InChI=1S/C7H7F3N2O2/c8-7(9,10)5(11)3-1-4(13)6(14)12-2-3/h1-2,5,13H,11H2,(H,12,14). The van der Waals surface area contributed by atoms with Gasteiger partial charge in [-0.2, -0.15) is 13.2 Å². The van der Waals surface area contributed by atoms with Crippen LogP contribution in [0, 0.1) is 0 Å². The number of nitrogens with two attached hydrogens (primary N) is 1. The molecule has 1 aromatic rings. The first-order valence-electron chi connectivity index (χ1n) is 3.56. The lowest BCUT2D eigenvalue weighted by molar-refractivity contribution is -0.149. The molecule has 0 saturated carbocycles. The topological polar surface area (TPSA) is 79.1 Å². The molecule has 0 aromatic carbocycles. The van der Waals surface area contributed by atoms with Gasteiger partial charge in [-0.25, -0.2) is 0 Å². The van der Waals surface area contributed by atoms with Gasteiger partial charge in [-0.1, -0.05) is 0 Å². The molecule has 0 amide bonds. The fourth-order valence-corrected chi connectivity index (χ4v) is 0.856. The van der Waals surface area contributed by atoms with Crippen LogP contribution in [0.15, 0.2) is 17.1 Å². The smallest absolute Gasteiger partial charge is 0.407 e. The number of nitrogens with one attached hydrogen (secondary N) is 1. The number of aromatic nitrogens is 1. The molecule has 1 rings (SSSR count). The number of halogens is 3. The van der Waals surface area contributed by atoms with E-state index in [1.165, 1.54) is 0 Å². The lowest BCUT2D eigenvalue weighted by Crippen LogP contribution is -2.29. The van der Waals surface area contributed by atoms with Crippen LogP contribution in [0.4, 0.5) is 13.2 Å². The van der Waals surface area contributed by atoms with Gasteiger partial charge >= 0.3 is 6.18 Å². The van der Waals surface area contributed by atoms with Crippen molar-refractivity contribution < 1.29 is 18.3 Å². The molecule has 4 nitrogen and oxygen atoms in total. The average molecular weight is 208 g/mol. The maximum atomic E-state index is 12.1. The minimum absolute atomic E-state index is 0.394. The zero-order chi connectivity index (χ0) is 10.9. The molecule has 78 valence electrons. The van der Waals surface area contributed by atoms with Crippen molar-refractivity contribution in [1.29, 1.82) is 0 Å². The van der Waals surface area contributed by atoms with Crippen LogP contribution in [-0.4, -0.2) is 16.3 Å². The Labute approximate surface area is 76.2 Å². The van der Waals surface area contributed by atoms with Gasteiger partial charge in [0, 0.05) is 6.20 Å². The van der Waals surface area contributed by atoms with E-state index in [0.717, 1.165) is 6.20 Å². The largest absolute Gasteiger partial charge is 0.503 e. The van der Waals surface area contributed by atoms with E-state index in [0.29, 0.717) is 6.07 Å². The van der Waals surface area contributed by atoms with E-state index in [1.807, 2.05) is 4.98 Å². The molecule has 0 fully saturated rings. The van der Waals surface area contributed by atoms with Gasteiger partial charge in [-0.15, -0.1) is 0 Å². The van der Waals surface area contributed by atoms with Crippen LogP contribution >= 0.6 is 0 Å². The molecule has 1 heterocycles. The summed E-state index contributed by atoms with van der Waals surface area (Å²) in [5, 5.41) is 8.85. The number of H-pyrrole nitrogens is 1. The van der Waals surface area contributed by atoms with Crippen LogP contribution in [0.3, 0.4) is 0 Å². The third-order valence-electron chi connectivity index (χ3n) is 1.62. The third kappa shape index (κ3) is 2.05. The van der Waals surface area contributed by atoms with E-state index in [1.54, 1.807) is 0 Å². The Bertz CT molecular complexity index is 385. The molecular formula is C7H7F3N2O2. The maximum Gasteiger partial charge on any atom is 0.407 e. The molecule has 0 bridgehead atoms. The fourth-order valence-electron chi connectivity index (χ4n) is 0.856. The van der Waals surface area contributed by atoms with Crippen LogP contribution in [0.2, 0.25) is 0 Å². The number of pyridine rings is 1. The minimum atomic E-state index is -4.61. The van der Waals surface area contributed by atoms with Crippen molar-refractivity contribution in [3.63, 3.8) is 0 Å². The third-order valence-corrected chi connectivity index (χ3v) is 1.62. The van der Waals surface area contributed by atoms with Crippen molar-refractivity contribution in [2.75, 3.05) is 0 Å². The van der Waals surface area contributed by atoms with Crippen molar-refractivity contribution >= 4 is 0 Å².